The first-order valence-corrected chi connectivity index (χ1v) is 9.01. The Balaban J connectivity index is 1.59. The lowest BCUT2D eigenvalue weighted by atomic mass is 9.85. The van der Waals surface area contributed by atoms with Crippen LogP contribution in [0.1, 0.15) is 57.4 Å². The van der Waals surface area contributed by atoms with E-state index in [4.69, 9.17) is 9.47 Å². The van der Waals surface area contributed by atoms with Gasteiger partial charge in [0.2, 0.25) is 0 Å². The van der Waals surface area contributed by atoms with E-state index in [1.165, 1.54) is 50.5 Å². The van der Waals surface area contributed by atoms with Crippen LogP contribution in [0.4, 0.5) is 0 Å². The van der Waals surface area contributed by atoms with Crippen molar-refractivity contribution in [3.63, 3.8) is 0 Å². The summed E-state index contributed by atoms with van der Waals surface area (Å²) >= 11 is 0. The molecule has 2 aliphatic carbocycles. The van der Waals surface area contributed by atoms with Crippen molar-refractivity contribution in [3.8, 4) is 0 Å². The molecule has 3 rings (SSSR count). The minimum atomic E-state index is 0.343. The van der Waals surface area contributed by atoms with Gasteiger partial charge in [0.05, 0.1) is 18.8 Å². The quantitative estimate of drug-likeness (QED) is 0.742. The summed E-state index contributed by atoms with van der Waals surface area (Å²) in [4.78, 5) is 0. The van der Waals surface area contributed by atoms with Crippen molar-refractivity contribution in [1.82, 2.24) is 0 Å². The van der Waals surface area contributed by atoms with Crippen LogP contribution >= 0.6 is 0 Å². The lowest BCUT2D eigenvalue weighted by Crippen LogP contribution is -2.26. The van der Waals surface area contributed by atoms with Gasteiger partial charge in [0.25, 0.3) is 0 Å². The van der Waals surface area contributed by atoms with E-state index in [9.17, 15) is 0 Å². The van der Waals surface area contributed by atoms with Crippen LogP contribution in [0.3, 0.4) is 0 Å². The summed E-state index contributed by atoms with van der Waals surface area (Å²) in [6.07, 6.45) is 9.84. The zero-order valence-corrected chi connectivity index (χ0v) is 13.8. The van der Waals surface area contributed by atoms with Gasteiger partial charge in [0.1, 0.15) is 0 Å². The van der Waals surface area contributed by atoms with Gasteiger partial charge < -0.3 is 9.47 Å². The van der Waals surface area contributed by atoms with Crippen LogP contribution in [0.15, 0.2) is 30.3 Å². The summed E-state index contributed by atoms with van der Waals surface area (Å²) in [5.74, 6) is 2.31. The average molecular weight is 301 g/mol. The van der Waals surface area contributed by atoms with E-state index in [1.54, 1.807) is 5.92 Å². The van der Waals surface area contributed by atoms with Crippen molar-refractivity contribution in [1.29, 1.82) is 0 Å². The van der Waals surface area contributed by atoms with Gasteiger partial charge in [-0.05, 0) is 37.7 Å². The summed E-state index contributed by atoms with van der Waals surface area (Å²) in [6, 6.07) is 10.6. The molecule has 0 amide bonds. The lowest BCUT2D eigenvalue weighted by Gasteiger charge is -2.29. The molecule has 0 aromatic heterocycles. The van der Waals surface area contributed by atoms with Gasteiger partial charge in [0.15, 0.2) is 0 Å². The molecule has 2 heteroatoms. The standard InChI is InChI=1S/C20H29O2/c1-2-21-20-14-18(20)17-12-8-3-4-9-13-19(17)22-15-16-10-6-5-7-11-16/h5-7,10-11,18-20H,2-4,8-9,12-15H2,1H3. The van der Waals surface area contributed by atoms with Gasteiger partial charge in [-0.3, -0.25) is 0 Å². The van der Waals surface area contributed by atoms with E-state index < -0.39 is 0 Å². The van der Waals surface area contributed by atoms with Crippen LogP contribution < -0.4 is 0 Å². The third kappa shape index (κ3) is 4.33. The van der Waals surface area contributed by atoms with Crippen LogP contribution in [-0.4, -0.2) is 18.8 Å². The number of hydrogen-bond donors (Lipinski definition) is 0. The largest absolute Gasteiger partial charge is 0.378 e. The molecule has 0 heterocycles. The van der Waals surface area contributed by atoms with Crippen molar-refractivity contribution in [2.75, 3.05) is 6.61 Å². The smallest absolute Gasteiger partial charge is 0.0720 e. The fourth-order valence-electron chi connectivity index (χ4n) is 3.70. The molecule has 22 heavy (non-hydrogen) atoms. The van der Waals surface area contributed by atoms with E-state index in [0.29, 0.717) is 18.1 Å². The summed E-state index contributed by atoms with van der Waals surface area (Å²) in [7, 11) is 0. The van der Waals surface area contributed by atoms with Crippen molar-refractivity contribution in [3.05, 3.63) is 41.8 Å². The second-order valence-corrected chi connectivity index (χ2v) is 6.65. The Bertz CT molecular complexity index is 431. The third-order valence-corrected chi connectivity index (χ3v) is 4.98. The maximum atomic E-state index is 6.35. The summed E-state index contributed by atoms with van der Waals surface area (Å²) in [5, 5.41) is 0. The monoisotopic (exact) mass is 301 g/mol. The highest BCUT2D eigenvalue weighted by Crippen LogP contribution is 2.47. The zero-order valence-electron chi connectivity index (χ0n) is 13.8. The number of benzene rings is 1. The Hall–Kier alpha value is -0.860. The van der Waals surface area contributed by atoms with Gasteiger partial charge >= 0.3 is 0 Å². The van der Waals surface area contributed by atoms with Crippen LogP contribution in [-0.2, 0) is 16.1 Å². The molecule has 3 unspecified atom stereocenters. The first kappa shape index (κ1) is 16.0. The topological polar surface area (TPSA) is 18.5 Å². The minimum Gasteiger partial charge on any atom is -0.378 e. The molecule has 1 aromatic rings. The number of rotatable bonds is 6. The predicted molar refractivity (Wildman–Crippen MR) is 89.5 cm³/mol. The number of ether oxygens (including phenoxy) is 2. The molecule has 0 N–H and O–H groups in total. The zero-order chi connectivity index (χ0) is 15.2. The normalized spacial score (nSPS) is 29.8. The molecule has 2 fully saturated rings. The Morgan fingerprint density at radius 1 is 1.00 bits per heavy atom. The Morgan fingerprint density at radius 2 is 1.82 bits per heavy atom. The molecule has 0 saturated heterocycles. The van der Waals surface area contributed by atoms with Gasteiger partial charge in [0, 0.05) is 12.5 Å². The van der Waals surface area contributed by atoms with E-state index in [-0.39, 0.29) is 0 Å². The molecular formula is C20H29O2. The molecule has 121 valence electrons. The highest BCUT2D eigenvalue weighted by Gasteiger charge is 2.47. The highest BCUT2D eigenvalue weighted by molar-refractivity contribution is 5.16. The maximum Gasteiger partial charge on any atom is 0.0720 e. The van der Waals surface area contributed by atoms with Crippen LogP contribution in [0.2, 0.25) is 0 Å². The molecule has 2 nitrogen and oxygen atoms in total. The molecule has 1 radical (unpaired) electrons. The lowest BCUT2D eigenvalue weighted by molar-refractivity contribution is 0.0272. The molecule has 2 saturated carbocycles. The molecular weight excluding hydrogens is 272 g/mol. The molecule has 0 spiro atoms. The molecule has 0 aliphatic heterocycles. The fourth-order valence-corrected chi connectivity index (χ4v) is 3.70. The summed E-state index contributed by atoms with van der Waals surface area (Å²) < 4.78 is 12.2. The second-order valence-electron chi connectivity index (χ2n) is 6.65. The Kier molecular flexibility index (Phi) is 5.91. The first-order valence-electron chi connectivity index (χ1n) is 9.01. The minimum absolute atomic E-state index is 0.343. The van der Waals surface area contributed by atoms with Crippen molar-refractivity contribution in [2.24, 2.45) is 5.92 Å². The predicted octanol–water partition coefficient (Wildman–Crippen LogP) is 4.93. The fraction of sp³-hybridized carbons (Fsp3) is 0.650. The first-order chi connectivity index (χ1) is 10.9. The van der Waals surface area contributed by atoms with Crippen LogP contribution in [0, 0.1) is 11.8 Å². The molecule has 0 bridgehead atoms. The van der Waals surface area contributed by atoms with Crippen molar-refractivity contribution < 1.29 is 9.47 Å². The average Bonchev–Trinajstić information content (AvgIpc) is 3.27. The van der Waals surface area contributed by atoms with Gasteiger partial charge in [-0.15, -0.1) is 0 Å². The van der Waals surface area contributed by atoms with E-state index in [0.717, 1.165) is 13.2 Å². The van der Waals surface area contributed by atoms with Crippen LogP contribution in [0.25, 0.3) is 0 Å². The summed E-state index contributed by atoms with van der Waals surface area (Å²) in [5.41, 5.74) is 1.28. The Morgan fingerprint density at radius 3 is 2.64 bits per heavy atom. The van der Waals surface area contributed by atoms with Gasteiger partial charge in [-0.2, -0.15) is 0 Å². The van der Waals surface area contributed by atoms with Gasteiger partial charge in [-0.1, -0.05) is 56.0 Å². The molecule has 1 aromatic carbocycles. The van der Waals surface area contributed by atoms with Crippen molar-refractivity contribution >= 4 is 0 Å². The van der Waals surface area contributed by atoms with Crippen LogP contribution in [0.5, 0.6) is 0 Å². The maximum absolute atomic E-state index is 6.35. The summed E-state index contributed by atoms with van der Waals surface area (Å²) in [6.45, 7) is 3.67. The van der Waals surface area contributed by atoms with E-state index >= 15 is 0 Å². The highest BCUT2D eigenvalue weighted by atomic mass is 16.5. The number of hydrogen-bond acceptors (Lipinski definition) is 2. The SMILES string of the molecule is CCOC1CC1[C]1CCCCCCC1OCc1ccccc1. The van der Waals surface area contributed by atoms with Crippen molar-refractivity contribution in [2.45, 2.75) is 70.7 Å². The third-order valence-electron chi connectivity index (χ3n) is 4.98. The Labute approximate surface area is 135 Å². The molecule has 3 atom stereocenters. The molecule has 2 aliphatic rings. The van der Waals surface area contributed by atoms with E-state index in [1.807, 2.05) is 0 Å². The van der Waals surface area contributed by atoms with E-state index in [2.05, 4.69) is 37.3 Å². The second kappa shape index (κ2) is 8.12. The van der Waals surface area contributed by atoms with Gasteiger partial charge in [-0.25, -0.2) is 0 Å².